The van der Waals surface area contributed by atoms with Crippen LogP contribution in [0.4, 0.5) is 6.01 Å². The Morgan fingerprint density at radius 3 is 2.56 bits per heavy atom. The Hall–Kier alpha value is -2.80. The van der Waals surface area contributed by atoms with Gasteiger partial charge in [-0.3, -0.25) is 0 Å². The van der Waals surface area contributed by atoms with Crippen LogP contribution in [-0.2, 0) is 6.61 Å². The summed E-state index contributed by atoms with van der Waals surface area (Å²) in [6, 6.07) is 13.6. The summed E-state index contributed by atoms with van der Waals surface area (Å²) < 4.78 is 17.4. The van der Waals surface area contributed by atoms with Crippen molar-refractivity contribution in [2.75, 3.05) is 12.8 Å². The molecule has 1 heterocycles. The molecule has 2 aromatic carbocycles. The van der Waals surface area contributed by atoms with E-state index in [9.17, 15) is 0 Å². The molecule has 0 aliphatic heterocycles. The molecule has 6 nitrogen and oxygen atoms in total. The minimum atomic E-state index is 0.0360. The monoisotopic (exact) mass is 401 g/mol. The third kappa shape index (κ3) is 4.60. The van der Waals surface area contributed by atoms with Gasteiger partial charge in [-0.25, -0.2) is 0 Å². The van der Waals surface area contributed by atoms with Gasteiger partial charge >= 0.3 is 6.01 Å². The van der Waals surface area contributed by atoms with E-state index in [0.717, 1.165) is 15.6 Å². The first-order valence-corrected chi connectivity index (χ1v) is 8.25. The first kappa shape index (κ1) is 17.0. The summed E-state index contributed by atoms with van der Waals surface area (Å²) in [4.78, 5) is 0. The Bertz CT molecular complexity index is 876. The molecule has 2 N–H and O–H groups in total. The molecule has 0 bridgehead atoms. The lowest BCUT2D eigenvalue weighted by atomic mass is 10.2. The number of anilines is 1. The third-order valence-corrected chi connectivity index (χ3v) is 3.90. The van der Waals surface area contributed by atoms with Crippen molar-refractivity contribution in [2.45, 2.75) is 6.61 Å². The molecule has 0 spiro atoms. The van der Waals surface area contributed by atoms with E-state index in [1.807, 2.05) is 48.5 Å². The molecule has 0 aliphatic rings. The standard InChI is InChI=1S/C18H16BrN3O3/c1-23-16-10-12(5-9-17-21-22-18(20)25-17)4-8-15(16)24-11-13-2-6-14(19)7-3-13/h2-10H,11H2,1H3,(H2,20,22)/b9-5+. The summed E-state index contributed by atoms with van der Waals surface area (Å²) in [6.07, 6.45) is 3.51. The summed E-state index contributed by atoms with van der Waals surface area (Å²) in [5.74, 6) is 1.65. The van der Waals surface area contributed by atoms with Crippen molar-refractivity contribution in [1.29, 1.82) is 0 Å². The highest BCUT2D eigenvalue weighted by Gasteiger charge is 2.06. The highest BCUT2D eigenvalue weighted by atomic mass is 79.9. The molecule has 25 heavy (non-hydrogen) atoms. The molecule has 0 amide bonds. The van der Waals surface area contributed by atoms with E-state index in [1.54, 1.807) is 13.2 Å². The molecule has 0 atom stereocenters. The zero-order valence-electron chi connectivity index (χ0n) is 13.5. The van der Waals surface area contributed by atoms with Crippen LogP contribution < -0.4 is 15.2 Å². The number of ether oxygens (including phenoxy) is 2. The number of aromatic nitrogens is 2. The molecule has 0 unspecified atom stereocenters. The predicted molar refractivity (Wildman–Crippen MR) is 99.1 cm³/mol. The minimum Gasteiger partial charge on any atom is -0.493 e. The van der Waals surface area contributed by atoms with Gasteiger partial charge in [-0.05, 0) is 41.5 Å². The minimum absolute atomic E-state index is 0.0360. The van der Waals surface area contributed by atoms with Crippen LogP contribution in [0.25, 0.3) is 12.2 Å². The molecule has 0 saturated carbocycles. The van der Waals surface area contributed by atoms with Crippen LogP contribution >= 0.6 is 15.9 Å². The van der Waals surface area contributed by atoms with Gasteiger partial charge in [0.05, 0.1) is 7.11 Å². The largest absolute Gasteiger partial charge is 0.493 e. The van der Waals surface area contributed by atoms with E-state index < -0.39 is 0 Å². The maximum Gasteiger partial charge on any atom is 0.313 e. The maximum absolute atomic E-state index is 5.85. The SMILES string of the molecule is COc1cc(/C=C/c2nnc(N)o2)ccc1OCc1ccc(Br)cc1. The normalized spacial score (nSPS) is 11.0. The van der Waals surface area contributed by atoms with Crippen molar-refractivity contribution in [3.63, 3.8) is 0 Å². The second-order valence-corrected chi connectivity index (χ2v) is 6.05. The molecular formula is C18H16BrN3O3. The molecule has 7 heteroatoms. The van der Waals surface area contributed by atoms with E-state index in [2.05, 4.69) is 26.1 Å². The maximum atomic E-state index is 5.85. The van der Waals surface area contributed by atoms with Gasteiger partial charge in [0.1, 0.15) is 6.61 Å². The number of nitrogens with zero attached hydrogens (tertiary/aromatic N) is 2. The fourth-order valence-corrected chi connectivity index (χ4v) is 2.39. The average Bonchev–Trinajstić information content (AvgIpc) is 3.05. The summed E-state index contributed by atoms with van der Waals surface area (Å²) in [6.45, 7) is 0.458. The zero-order chi connectivity index (χ0) is 17.6. The number of nitrogen functional groups attached to an aromatic ring is 1. The van der Waals surface area contributed by atoms with Crippen LogP contribution in [0.2, 0.25) is 0 Å². The van der Waals surface area contributed by atoms with Gasteiger partial charge in [-0.1, -0.05) is 39.2 Å². The van der Waals surface area contributed by atoms with Crippen molar-refractivity contribution in [1.82, 2.24) is 10.2 Å². The Morgan fingerprint density at radius 2 is 1.88 bits per heavy atom. The summed E-state index contributed by atoms with van der Waals surface area (Å²) in [5.41, 5.74) is 7.37. The highest BCUT2D eigenvalue weighted by Crippen LogP contribution is 2.29. The molecule has 0 radical (unpaired) electrons. The van der Waals surface area contributed by atoms with Crippen LogP contribution in [0.3, 0.4) is 0 Å². The fraction of sp³-hybridized carbons (Fsp3) is 0.111. The van der Waals surface area contributed by atoms with Crippen molar-refractivity contribution in [3.8, 4) is 11.5 Å². The first-order valence-electron chi connectivity index (χ1n) is 7.46. The van der Waals surface area contributed by atoms with Crippen LogP contribution in [0.1, 0.15) is 17.0 Å². The Kier molecular flexibility index (Phi) is 5.35. The zero-order valence-corrected chi connectivity index (χ0v) is 15.1. The number of methoxy groups -OCH3 is 1. The van der Waals surface area contributed by atoms with Crippen molar-refractivity contribution in [3.05, 3.63) is 64.0 Å². The van der Waals surface area contributed by atoms with Crippen LogP contribution in [0, 0.1) is 0 Å². The predicted octanol–water partition coefficient (Wildman–Crippen LogP) is 4.17. The van der Waals surface area contributed by atoms with Gasteiger partial charge < -0.3 is 19.6 Å². The van der Waals surface area contributed by atoms with Crippen molar-refractivity contribution < 1.29 is 13.9 Å². The Labute approximate surface area is 153 Å². The molecule has 128 valence electrons. The molecule has 3 rings (SSSR count). The van der Waals surface area contributed by atoms with Gasteiger partial charge in [0.2, 0.25) is 5.89 Å². The van der Waals surface area contributed by atoms with Crippen molar-refractivity contribution in [2.24, 2.45) is 0 Å². The number of halogens is 1. The number of rotatable bonds is 6. The van der Waals surface area contributed by atoms with Gasteiger partial charge in [-0.2, -0.15) is 0 Å². The number of nitrogens with two attached hydrogens (primary N) is 1. The van der Waals surface area contributed by atoms with Gasteiger partial charge in [0, 0.05) is 10.5 Å². The van der Waals surface area contributed by atoms with Crippen LogP contribution in [0.5, 0.6) is 11.5 Å². The second kappa shape index (κ2) is 7.85. The number of hydrogen-bond acceptors (Lipinski definition) is 6. The smallest absolute Gasteiger partial charge is 0.313 e. The average molecular weight is 402 g/mol. The quantitative estimate of drug-likeness (QED) is 0.666. The second-order valence-electron chi connectivity index (χ2n) is 5.14. The van der Waals surface area contributed by atoms with Crippen LogP contribution in [0.15, 0.2) is 51.4 Å². The van der Waals surface area contributed by atoms with Crippen LogP contribution in [-0.4, -0.2) is 17.3 Å². The molecule has 0 fully saturated rings. The van der Waals surface area contributed by atoms with Gasteiger partial charge in [0.15, 0.2) is 11.5 Å². The lowest BCUT2D eigenvalue weighted by molar-refractivity contribution is 0.284. The number of hydrogen-bond donors (Lipinski definition) is 1. The van der Waals surface area contributed by atoms with Crippen molar-refractivity contribution >= 4 is 34.1 Å². The summed E-state index contributed by atoms with van der Waals surface area (Å²) >= 11 is 3.42. The third-order valence-electron chi connectivity index (χ3n) is 3.37. The molecule has 0 saturated heterocycles. The fourth-order valence-electron chi connectivity index (χ4n) is 2.13. The Morgan fingerprint density at radius 1 is 1.08 bits per heavy atom. The topological polar surface area (TPSA) is 83.4 Å². The lowest BCUT2D eigenvalue weighted by Crippen LogP contribution is -1.97. The molecule has 1 aromatic heterocycles. The Balaban J connectivity index is 1.70. The summed E-state index contributed by atoms with van der Waals surface area (Å²) in [5, 5.41) is 7.37. The molecule has 3 aromatic rings. The first-order chi connectivity index (χ1) is 12.1. The molecule has 0 aliphatic carbocycles. The van der Waals surface area contributed by atoms with E-state index in [4.69, 9.17) is 19.6 Å². The van der Waals surface area contributed by atoms with E-state index in [1.165, 1.54) is 0 Å². The molecular weight excluding hydrogens is 386 g/mol. The van der Waals surface area contributed by atoms with Gasteiger partial charge in [0.25, 0.3) is 0 Å². The lowest BCUT2D eigenvalue weighted by Gasteiger charge is -2.11. The highest BCUT2D eigenvalue weighted by molar-refractivity contribution is 9.10. The van der Waals surface area contributed by atoms with E-state index in [0.29, 0.717) is 24.0 Å². The number of benzene rings is 2. The van der Waals surface area contributed by atoms with Gasteiger partial charge in [-0.15, -0.1) is 5.10 Å². The van der Waals surface area contributed by atoms with E-state index in [-0.39, 0.29) is 6.01 Å². The summed E-state index contributed by atoms with van der Waals surface area (Å²) in [7, 11) is 1.61. The van der Waals surface area contributed by atoms with E-state index >= 15 is 0 Å².